The molecule has 1 aromatic rings. The Labute approximate surface area is 120 Å². The number of nitrogens with one attached hydrogen (secondary N) is 1. The van der Waals surface area contributed by atoms with Crippen molar-refractivity contribution < 1.29 is 9.53 Å². The van der Waals surface area contributed by atoms with E-state index in [0.717, 1.165) is 18.7 Å². The summed E-state index contributed by atoms with van der Waals surface area (Å²) in [6.07, 6.45) is 2.65. The average molecular weight is 274 g/mol. The van der Waals surface area contributed by atoms with Gasteiger partial charge in [-0.1, -0.05) is 17.7 Å². The van der Waals surface area contributed by atoms with E-state index in [1.807, 2.05) is 31.2 Å². The molecule has 1 N–H and O–H groups in total. The third kappa shape index (κ3) is 3.02. The summed E-state index contributed by atoms with van der Waals surface area (Å²) >= 11 is 0. The highest BCUT2D eigenvalue weighted by Crippen LogP contribution is 2.22. The van der Waals surface area contributed by atoms with E-state index in [9.17, 15) is 4.79 Å². The van der Waals surface area contributed by atoms with Gasteiger partial charge in [-0.25, -0.2) is 0 Å². The third-order valence-corrected chi connectivity index (χ3v) is 4.27. The Hall–Kier alpha value is -1.39. The fourth-order valence-electron chi connectivity index (χ4n) is 3.02. The van der Waals surface area contributed by atoms with E-state index in [-0.39, 0.29) is 12.0 Å². The number of aryl methyl sites for hydroxylation is 1. The van der Waals surface area contributed by atoms with E-state index in [4.69, 9.17) is 4.74 Å². The first-order valence-electron chi connectivity index (χ1n) is 7.43. The third-order valence-electron chi connectivity index (χ3n) is 4.27. The van der Waals surface area contributed by atoms with Gasteiger partial charge in [-0.15, -0.1) is 0 Å². The Morgan fingerprint density at radius 2 is 2.20 bits per heavy atom. The minimum Gasteiger partial charge on any atom is -0.373 e. The fourth-order valence-corrected chi connectivity index (χ4v) is 3.02. The Bertz CT molecular complexity index is 472. The SMILES string of the molecule is Cc1ccc(C(=O)NC[C@H]2CN3CCC[C@H]3CO2)cc1. The number of benzene rings is 1. The molecule has 0 saturated carbocycles. The van der Waals surface area contributed by atoms with Crippen LogP contribution in [0.2, 0.25) is 0 Å². The van der Waals surface area contributed by atoms with E-state index < -0.39 is 0 Å². The first-order valence-corrected chi connectivity index (χ1v) is 7.43. The molecule has 4 heteroatoms. The summed E-state index contributed by atoms with van der Waals surface area (Å²) in [5, 5.41) is 2.98. The zero-order valence-electron chi connectivity index (χ0n) is 12.0. The summed E-state index contributed by atoms with van der Waals surface area (Å²) in [6.45, 7) is 5.54. The highest BCUT2D eigenvalue weighted by atomic mass is 16.5. The number of nitrogens with zero attached hydrogens (tertiary/aromatic N) is 1. The number of hydrogen-bond donors (Lipinski definition) is 1. The maximum absolute atomic E-state index is 12.0. The molecule has 1 aromatic carbocycles. The summed E-state index contributed by atoms with van der Waals surface area (Å²) in [5.41, 5.74) is 1.88. The van der Waals surface area contributed by atoms with Crippen LogP contribution < -0.4 is 5.32 Å². The van der Waals surface area contributed by atoms with Gasteiger partial charge < -0.3 is 10.1 Å². The zero-order valence-corrected chi connectivity index (χ0v) is 12.0. The molecular formula is C16H22N2O2. The van der Waals surface area contributed by atoms with Crippen molar-refractivity contribution in [3.63, 3.8) is 0 Å². The lowest BCUT2D eigenvalue weighted by Crippen LogP contribution is -2.50. The van der Waals surface area contributed by atoms with Gasteiger partial charge in [-0.2, -0.15) is 0 Å². The van der Waals surface area contributed by atoms with Crippen LogP contribution in [0.4, 0.5) is 0 Å². The molecule has 2 atom stereocenters. The second-order valence-electron chi connectivity index (χ2n) is 5.82. The Morgan fingerprint density at radius 3 is 3.00 bits per heavy atom. The maximum atomic E-state index is 12.0. The van der Waals surface area contributed by atoms with Crippen molar-refractivity contribution in [3.8, 4) is 0 Å². The monoisotopic (exact) mass is 274 g/mol. The number of hydrogen-bond acceptors (Lipinski definition) is 3. The minimum atomic E-state index is -0.0165. The highest BCUT2D eigenvalue weighted by Gasteiger charge is 2.32. The standard InChI is InChI=1S/C16H22N2O2/c1-12-4-6-13(7-5-12)16(19)17-9-15-10-18-8-2-3-14(18)11-20-15/h4-7,14-15H,2-3,8-11H2,1H3,(H,17,19)/t14-,15-/m0/s1. The molecule has 0 bridgehead atoms. The first kappa shape index (κ1) is 13.6. The van der Waals surface area contributed by atoms with E-state index in [0.29, 0.717) is 18.2 Å². The van der Waals surface area contributed by atoms with Gasteiger partial charge in [0.15, 0.2) is 0 Å². The molecular weight excluding hydrogens is 252 g/mol. The minimum absolute atomic E-state index is 0.0165. The molecule has 1 amide bonds. The first-order chi connectivity index (χ1) is 9.72. The molecule has 0 unspecified atom stereocenters. The number of amides is 1. The fraction of sp³-hybridized carbons (Fsp3) is 0.562. The molecule has 4 nitrogen and oxygen atoms in total. The molecule has 0 aliphatic carbocycles. The van der Waals surface area contributed by atoms with E-state index in [1.165, 1.54) is 19.4 Å². The van der Waals surface area contributed by atoms with Gasteiger partial charge in [0, 0.05) is 24.7 Å². The molecule has 2 saturated heterocycles. The van der Waals surface area contributed by atoms with Gasteiger partial charge in [-0.3, -0.25) is 9.69 Å². The predicted molar refractivity (Wildman–Crippen MR) is 77.8 cm³/mol. The van der Waals surface area contributed by atoms with Gasteiger partial charge in [0.05, 0.1) is 12.7 Å². The summed E-state index contributed by atoms with van der Waals surface area (Å²) in [7, 11) is 0. The van der Waals surface area contributed by atoms with Crippen LogP contribution in [0.25, 0.3) is 0 Å². The highest BCUT2D eigenvalue weighted by molar-refractivity contribution is 5.94. The topological polar surface area (TPSA) is 41.6 Å². The van der Waals surface area contributed by atoms with Crippen molar-refractivity contribution in [2.45, 2.75) is 31.9 Å². The van der Waals surface area contributed by atoms with Crippen molar-refractivity contribution >= 4 is 5.91 Å². The normalized spacial score (nSPS) is 26.2. The number of ether oxygens (including phenoxy) is 1. The van der Waals surface area contributed by atoms with Crippen LogP contribution in [0.15, 0.2) is 24.3 Å². The molecule has 0 aromatic heterocycles. The molecule has 2 fully saturated rings. The molecule has 20 heavy (non-hydrogen) atoms. The van der Waals surface area contributed by atoms with Crippen molar-refractivity contribution in [2.24, 2.45) is 0 Å². The van der Waals surface area contributed by atoms with Gasteiger partial charge in [0.1, 0.15) is 0 Å². The van der Waals surface area contributed by atoms with Crippen LogP contribution in [0.1, 0.15) is 28.8 Å². The molecule has 3 rings (SSSR count). The lowest BCUT2D eigenvalue weighted by Gasteiger charge is -2.35. The Kier molecular flexibility index (Phi) is 4.03. The van der Waals surface area contributed by atoms with Crippen molar-refractivity contribution in [1.82, 2.24) is 10.2 Å². The number of fused-ring (bicyclic) bond motifs is 1. The smallest absolute Gasteiger partial charge is 0.251 e. The number of rotatable bonds is 3. The number of carbonyl (C=O) groups excluding carboxylic acids is 1. The number of morpholine rings is 1. The van der Waals surface area contributed by atoms with Gasteiger partial charge in [-0.05, 0) is 38.4 Å². The van der Waals surface area contributed by atoms with Crippen LogP contribution in [-0.2, 0) is 4.74 Å². The molecule has 2 heterocycles. The van der Waals surface area contributed by atoms with E-state index in [1.54, 1.807) is 0 Å². The van der Waals surface area contributed by atoms with Crippen LogP contribution in [0, 0.1) is 6.92 Å². The number of carbonyl (C=O) groups is 1. The van der Waals surface area contributed by atoms with Gasteiger partial charge >= 0.3 is 0 Å². The van der Waals surface area contributed by atoms with Gasteiger partial charge in [0.2, 0.25) is 0 Å². The lowest BCUT2D eigenvalue weighted by molar-refractivity contribution is -0.0461. The van der Waals surface area contributed by atoms with Crippen molar-refractivity contribution in [2.75, 3.05) is 26.2 Å². The lowest BCUT2D eigenvalue weighted by atomic mass is 10.1. The van der Waals surface area contributed by atoms with Gasteiger partial charge in [0.25, 0.3) is 5.91 Å². The summed E-state index contributed by atoms with van der Waals surface area (Å²) < 4.78 is 5.84. The molecule has 0 spiro atoms. The maximum Gasteiger partial charge on any atom is 0.251 e. The molecule has 2 aliphatic heterocycles. The molecule has 2 aliphatic rings. The predicted octanol–water partition coefficient (Wildman–Crippen LogP) is 1.59. The Balaban J connectivity index is 1.49. The molecule has 0 radical (unpaired) electrons. The van der Waals surface area contributed by atoms with Crippen LogP contribution in [0.5, 0.6) is 0 Å². The zero-order chi connectivity index (χ0) is 13.9. The Morgan fingerprint density at radius 1 is 1.40 bits per heavy atom. The summed E-state index contributed by atoms with van der Waals surface area (Å²) in [4.78, 5) is 14.5. The quantitative estimate of drug-likeness (QED) is 0.910. The molecule has 108 valence electrons. The largest absolute Gasteiger partial charge is 0.373 e. The summed E-state index contributed by atoms with van der Waals surface area (Å²) in [6, 6.07) is 8.26. The van der Waals surface area contributed by atoms with Crippen LogP contribution in [-0.4, -0.2) is 49.2 Å². The van der Waals surface area contributed by atoms with Crippen LogP contribution >= 0.6 is 0 Å². The second kappa shape index (κ2) is 5.94. The van der Waals surface area contributed by atoms with Crippen molar-refractivity contribution in [3.05, 3.63) is 35.4 Å². The van der Waals surface area contributed by atoms with Crippen LogP contribution in [0.3, 0.4) is 0 Å². The van der Waals surface area contributed by atoms with E-state index in [2.05, 4.69) is 10.2 Å². The van der Waals surface area contributed by atoms with E-state index >= 15 is 0 Å². The second-order valence-corrected chi connectivity index (χ2v) is 5.82. The summed E-state index contributed by atoms with van der Waals surface area (Å²) in [5.74, 6) is -0.0165. The van der Waals surface area contributed by atoms with Crippen molar-refractivity contribution in [1.29, 1.82) is 0 Å². The average Bonchev–Trinajstić information content (AvgIpc) is 2.93.